The number of nitrogens with zero attached hydrogens (tertiary/aromatic N) is 1. The molecule has 0 heterocycles. The van der Waals surface area contributed by atoms with Crippen LogP contribution in [0.2, 0.25) is 0 Å². The Bertz CT molecular complexity index is 548. The van der Waals surface area contributed by atoms with E-state index >= 15 is 0 Å². The molecule has 2 aromatic rings. The Morgan fingerprint density at radius 1 is 1.05 bits per heavy atom. The van der Waals surface area contributed by atoms with E-state index in [1.807, 2.05) is 0 Å². The van der Waals surface area contributed by atoms with Gasteiger partial charge in [0.2, 0.25) is 0 Å². The lowest BCUT2D eigenvalue weighted by molar-refractivity contribution is 0.792. The summed E-state index contributed by atoms with van der Waals surface area (Å²) >= 11 is 0. The van der Waals surface area contributed by atoms with Gasteiger partial charge in [0, 0.05) is 18.8 Å². The van der Waals surface area contributed by atoms with Crippen LogP contribution in [0.15, 0.2) is 36.4 Å². The van der Waals surface area contributed by atoms with Gasteiger partial charge in [-0.1, -0.05) is 38.1 Å². The van der Waals surface area contributed by atoms with E-state index < -0.39 is 0 Å². The first-order chi connectivity index (χ1) is 9.15. The Labute approximate surface area is 119 Å². The van der Waals surface area contributed by atoms with Crippen molar-refractivity contribution < 1.29 is 0 Å². The van der Waals surface area contributed by atoms with Gasteiger partial charge in [-0.15, -0.1) is 9.24 Å². The molecule has 0 N–H and O–H groups in total. The molecule has 0 saturated carbocycles. The van der Waals surface area contributed by atoms with E-state index in [4.69, 9.17) is 0 Å². The van der Waals surface area contributed by atoms with Crippen LogP contribution in [-0.2, 0) is 0 Å². The molecule has 19 heavy (non-hydrogen) atoms. The summed E-state index contributed by atoms with van der Waals surface area (Å²) in [5.41, 5.74) is 3.23. The first-order valence-electron chi connectivity index (χ1n) is 7.20. The van der Waals surface area contributed by atoms with Crippen LogP contribution in [0.25, 0.3) is 10.8 Å². The van der Waals surface area contributed by atoms with E-state index in [0.717, 1.165) is 13.1 Å². The fraction of sp³-hybridized carbons (Fsp3) is 0.412. The molecule has 0 saturated heterocycles. The number of hydrogen-bond acceptors (Lipinski definition) is 1. The third kappa shape index (κ3) is 3.28. The minimum absolute atomic E-state index is 0.510. The predicted molar refractivity (Wildman–Crippen MR) is 90.3 cm³/mol. The molecular weight excluding hydrogens is 249 g/mol. The highest BCUT2D eigenvalue weighted by Gasteiger charge is 2.05. The van der Waals surface area contributed by atoms with Crippen molar-refractivity contribution in [3.8, 4) is 0 Å². The summed E-state index contributed by atoms with van der Waals surface area (Å²) in [6.07, 6.45) is 1.19. The van der Waals surface area contributed by atoms with Gasteiger partial charge >= 0.3 is 0 Å². The van der Waals surface area contributed by atoms with Gasteiger partial charge in [0.05, 0.1) is 0 Å². The highest BCUT2D eigenvalue weighted by Crippen LogP contribution is 2.28. The second-order valence-electron chi connectivity index (χ2n) is 5.16. The molecule has 1 nitrogen and oxygen atoms in total. The summed E-state index contributed by atoms with van der Waals surface area (Å²) in [5, 5.41) is 2.67. The maximum absolute atomic E-state index is 2.86. The van der Waals surface area contributed by atoms with E-state index in [1.54, 1.807) is 0 Å². The average molecular weight is 273 g/mol. The maximum atomic E-state index is 2.86. The lowest BCUT2D eigenvalue weighted by Gasteiger charge is -2.23. The van der Waals surface area contributed by atoms with Crippen molar-refractivity contribution in [2.45, 2.75) is 32.9 Å². The second-order valence-corrected chi connectivity index (χ2v) is 6.16. The van der Waals surface area contributed by atoms with Crippen LogP contribution in [0.3, 0.4) is 0 Å². The van der Waals surface area contributed by atoms with E-state index in [-0.39, 0.29) is 0 Å². The summed E-state index contributed by atoms with van der Waals surface area (Å²) < 4.78 is 0. The van der Waals surface area contributed by atoms with Crippen LogP contribution in [-0.4, -0.2) is 13.1 Å². The molecule has 0 bridgehead atoms. The first-order valence-corrected chi connectivity index (χ1v) is 7.86. The molecule has 0 aliphatic rings. The van der Waals surface area contributed by atoms with E-state index in [2.05, 4.69) is 71.3 Å². The summed E-state index contributed by atoms with van der Waals surface area (Å²) in [6.45, 7) is 8.86. The van der Waals surface area contributed by atoms with Gasteiger partial charge in [0.15, 0.2) is 0 Å². The van der Waals surface area contributed by atoms with Crippen molar-refractivity contribution >= 4 is 25.7 Å². The number of anilines is 1. The monoisotopic (exact) mass is 273 g/mol. The topological polar surface area (TPSA) is 3.24 Å². The molecule has 2 atom stereocenters. The van der Waals surface area contributed by atoms with Gasteiger partial charge in [-0.2, -0.15) is 0 Å². The Morgan fingerprint density at radius 2 is 1.74 bits per heavy atom. The SMILES string of the molecule is CCCN(CC)c1ccc2cc(C(C)P)ccc2c1. The molecule has 0 aliphatic heterocycles. The minimum atomic E-state index is 0.510. The molecule has 2 heteroatoms. The Hall–Kier alpha value is -1.07. The molecule has 0 aromatic heterocycles. The van der Waals surface area contributed by atoms with E-state index in [1.165, 1.54) is 28.4 Å². The van der Waals surface area contributed by atoms with Gasteiger partial charge < -0.3 is 4.90 Å². The van der Waals surface area contributed by atoms with Gasteiger partial charge in [-0.25, -0.2) is 0 Å². The highest BCUT2D eigenvalue weighted by molar-refractivity contribution is 7.17. The van der Waals surface area contributed by atoms with Crippen LogP contribution < -0.4 is 4.90 Å². The molecule has 2 aromatic carbocycles. The lowest BCUT2D eigenvalue weighted by Crippen LogP contribution is -2.23. The normalized spacial score (nSPS) is 12.6. The summed E-state index contributed by atoms with van der Waals surface area (Å²) in [5.74, 6) is 0. The van der Waals surface area contributed by atoms with Crippen molar-refractivity contribution in [3.63, 3.8) is 0 Å². The van der Waals surface area contributed by atoms with Crippen molar-refractivity contribution in [3.05, 3.63) is 42.0 Å². The molecule has 0 fully saturated rings. The average Bonchev–Trinajstić information content (AvgIpc) is 2.43. The number of hydrogen-bond donors (Lipinski definition) is 0. The minimum Gasteiger partial charge on any atom is -0.372 e. The van der Waals surface area contributed by atoms with Crippen molar-refractivity contribution in [1.82, 2.24) is 0 Å². The third-order valence-corrected chi connectivity index (χ3v) is 4.00. The highest BCUT2D eigenvalue weighted by atomic mass is 31.0. The van der Waals surface area contributed by atoms with Crippen molar-refractivity contribution in [2.75, 3.05) is 18.0 Å². The Kier molecular flexibility index (Phi) is 4.82. The molecule has 0 radical (unpaired) electrons. The number of benzene rings is 2. The van der Waals surface area contributed by atoms with Crippen molar-refractivity contribution in [2.24, 2.45) is 0 Å². The fourth-order valence-electron chi connectivity index (χ4n) is 2.47. The quantitative estimate of drug-likeness (QED) is 0.692. The van der Waals surface area contributed by atoms with E-state index in [0.29, 0.717) is 5.66 Å². The fourth-order valence-corrected chi connectivity index (χ4v) is 2.68. The van der Waals surface area contributed by atoms with Crippen LogP contribution in [0.1, 0.15) is 38.4 Å². The Morgan fingerprint density at radius 3 is 2.37 bits per heavy atom. The third-order valence-electron chi connectivity index (χ3n) is 3.61. The van der Waals surface area contributed by atoms with Gasteiger partial charge in [0.25, 0.3) is 0 Å². The molecule has 2 rings (SSSR count). The van der Waals surface area contributed by atoms with Gasteiger partial charge in [0.1, 0.15) is 0 Å². The largest absolute Gasteiger partial charge is 0.372 e. The van der Waals surface area contributed by atoms with E-state index in [9.17, 15) is 0 Å². The zero-order valence-electron chi connectivity index (χ0n) is 12.2. The summed E-state index contributed by atoms with van der Waals surface area (Å²) in [6, 6.07) is 13.6. The predicted octanol–water partition coefficient (Wildman–Crippen LogP) is 5.01. The molecule has 2 unspecified atom stereocenters. The lowest BCUT2D eigenvalue weighted by atomic mass is 10.0. The van der Waals surface area contributed by atoms with Gasteiger partial charge in [-0.3, -0.25) is 0 Å². The summed E-state index contributed by atoms with van der Waals surface area (Å²) in [7, 11) is 2.86. The molecule has 0 amide bonds. The molecule has 0 spiro atoms. The molecule has 102 valence electrons. The first kappa shape index (κ1) is 14.3. The van der Waals surface area contributed by atoms with Crippen LogP contribution in [0.4, 0.5) is 5.69 Å². The zero-order valence-corrected chi connectivity index (χ0v) is 13.3. The zero-order chi connectivity index (χ0) is 13.8. The smallest absolute Gasteiger partial charge is 0.0372 e. The Balaban J connectivity index is 2.38. The van der Waals surface area contributed by atoms with Crippen LogP contribution >= 0.6 is 9.24 Å². The van der Waals surface area contributed by atoms with Crippen LogP contribution in [0, 0.1) is 0 Å². The number of rotatable bonds is 5. The van der Waals surface area contributed by atoms with Crippen molar-refractivity contribution in [1.29, 1.82) is 0 Å². The molecular formula is C17H24NP. The summed E-state index contributed by atoms with van der Waals surface area (Å²) in [4.78, 5) is 2.44. The van der Waals surface area contributed by atoms with Gasteiger partial charge in [-0.05, 0) is 47.5 Å². The maximum Gasteiger partial charge on any atom is 0.0372 e. The second kappa shape index (κ2) is 6.39. The molecule has 0 aliphatic carbocycles. The standard InChI is InChI=1S/C17H24NP/c1-4-10-18(5-2)17-9-8-15-11-14(13(3)19)6-7-16(15)12-17/h6-9,11-13H,4-5,10,19H2,1-3H3. The van der Waals surface area contributed by atoms with Crippen LogP contribution in [0.5, 0.6) is 0 Å². The number of fused-ring (bicyclic) bond motifs is 1.